The summed E-state index contributed by atoms with van der Waals surface area (Å²) >= 11 is 0. The minimum atomic E-state index is -0.335. The van der Waals surface area contributed by atoms with Crippen molar-refractivity contribution in [2.45, 2.75) is 25.5 Å². The fourth-order valence-corrected chi connectivity index (χ4v) is 3.01. The van der Waals surface area contributed by atoms with Gasteiger partial charge in [-0.15, -0.1) is 0 Å². The smallest absolute Gasteiger partial charge is 0.252 e. The summed E-state index contributed by atoms with van der Waals surface area (Å²) in [5.74, 6) is 0.121. The van der Waals surface area contributed by atoms with Crippen LogP contribution in [0.2, 0.25) is 0 Å². The van der Waals surface area contributed by atoms with Gasteiger partial charge in [-0.3, -0.25) is 0 Å². The molecule has 2 atom stereocenters. The number of nitrogens with one attached hydrogen (secondary N) is 2. The predicted molar refractivity (Wildman–Crippen MR) is 85.7 cm³/mol. The average Bonchev–Trinajstić information content (AvgIpc) is 3.05. The molecule has 2 aromatic rings. The number of anilines is 1. The lowest BCUT2D eigenvalue weighted by Gasteiger charge is -2.26. The van der Waals surface area contributed by atoms with Crippen molar-refractivity contribution in [3.05, 3.63) is 35.7 Å². The monoisotopic (exact) mass is 314 g/mol. The number of nitrogens with two attached hydrogens (primary N) is 1. The van der Waals surface area contributed by atoms with Crippen molar-refractivity contribution in [3.8, 4) is 11.3 Å². The van der Waals surface area contributed by atoms with Crippen LogP contribution in [0.1, 0.15) is 25.5 Å². The van der Waals surface area contributed by atoms with Crippen molar-refractivity contribution < 1.29 is 9.91 Å². The standard InChI is InChI=1S/C15H18N6O2/c16-15-18-11-5-4-10(9-13(11)21(22)19-15)12-6-7-17-20(12)14-3-1-2-8-23-14/h4-7,9,14,21H,1-3,8H2,(H3,16,18,19). The van der Waals surface area contributed by atoms with Crippen molar-refractivity contribution in [1.82, 2.24) is 9.78 Å². The van der Waals surface area contributed by atoms with E-state index in [0.717, 1.165) is 37.1 Å². The molecule has 8 nitrogen and oxygen atoms in total. The van der Waals surface area contributed by atoms with Crippen molar-refractivity contribution >= 4 is 17.3 Å². The summed E-state index contributed by atoms with van der Waals surface area (Å²) in [6.07, 6.45) is 4.87. The van der Waals surface area contributed by atoms with Gasteiger partial charge in [0.15, 0.2) is 11.9 Å². The number of quaternary nitrogens is 1. The molecule has 0 saturated carbocycles. The summed E-state index contributed by atoms with van der Waals surface area (Å²) in [7, 11) is 0. The fraction of sp³-hybridized carbons (Fsp3) is 0.333. The Morgan fingerprint density at radius 1 is 1.35 bits per heavy atom. The van der Waals surface area contributed by atoms with Crippen LogP contribution in [0.3, 0.4) is 0 Å². The van der Waals surface area contributed by atoms with E-state index in [1.165, 1.54) is 0 Å². The molecule has 3 heterocycles. The van der Waals surface area contributed by atoms with Crippen molar-refractivity contribution in [3.63, 3.8) is 0 Å². The van der Waals surface area contributed by atoms with E-state index >= 15 is 0 Å². The van der Waals surface area contributed by atoms with Crippen LogP contribution in [0, 0.1) is 5.21 Å². The molecule has 1 fully saturated rings. The van der Waals surface area contributed by atoms with E-state index in [9.17, 15) is 5.21 Å². The Kier molecular flexibility index (Phi) is 3.49. The molecule has 0 spiro atoms. The number of benzene rings is 1. The maximum atomic E-state index is 12.0. The second-order valence-electron chi connectivity index (χ2n) is 5.67. The Bertz CT molecular complexity index is 750. The van der Waals surface area contributed by atoms with Gasteiger partial charge in [0, 0.05) is 24.4 Å². The molecule has 0 aliphatic carbocycles. The summed E-state index contributed by atoms with van der Waals surface area (Å²) < 4.78 is 7.70. The third-order valence-corrected chi connectivity index (χ3v) is 4.13. The summed E-state index contributed by atoms with van der Waals surface area (Å²) in [5, 5.41) is 22.8. The number of hydrogen-bond acceptors (Lipinski definition) is 6. The number of aromatic nitrogens is 2. The molecular formula is C15H18N6O2. The van der Waals surface area contributed by atoms with E-state index in [1.54, 1.807) is 6.20 Å². The van der Waals surface area contributed by atoms with E-state index < -0.39 is 0 Å². The zero-order chi connectivity index (χ0) is 15.8. The molecule has 4 N–H and O–H groups in total. The lowest BCUT2D eigenvalue weighted by atomic mass is 10.1. The van der Waals surface area contributed by atoms with Gasteiger partial charge in [-0.2, -0.15) is 5.10 Å². The molecule has 1 aromatic heterocycles. The fourth-order valence-electron chi connectivity index (χ4n) is 3.01. The van der Waals surface area contributed by atoms with Gasteiger partial charge in [0.2, 0.25) is 0 Å². The average molecular weight is 314 g/mol. The topological polar surface area (TPSA) is 105 Å². The highest BCUT2D eigenvalue weighted by Crippen LogP contribution is 2.31. The normalized spacial score (nSPS) is 23.8. The first kappa shape index (κ1) is 14.2. The molecule has 0 amide bonds. The largest absolute Gasteiger partial charge is 0.601 e. The van der Waals surface area contributed by atoms with E-state index in [-0.39, 0.29) is 17.4 Å². The van der Waals surface area contributed by atoms with Gasteiger partial charge < -0.3 is 21.0 Å². The SMILES string of the molecule is NC1=N[NH+]([O-])c2cc(-c3ccnn3C3CCCCO3)ccc2N1. The lowest BCUT2D eigenvalue weighted by Crippen LogP contribution is -2.98. The number of hydrogen-bond donors (Lipinski definition) is 3. The van der Waals surface area contributed by atoms with Crippen LogP contribution in [0.25, 0.3) is 11.3 Å². The van der Waals surface area contributed by atoms with Crippen LogP contribution in [-0.2, 0) is 4.74 Å². The van der Waals surface area contributed by atoms with Crippen LogP contribution in [0.5, 0.6) is 0 Å². The van der Waals surface area contributed by atoms with Crippen molar-refractivity contribution in [2.24, 2.45) is 10.8 Å². The first-order valence-electron chi connectivity index (χ1n) is 7.67. The Labute approximate surface area is 133 Å². The molecule has 23 heavy (non-hydrogen) atoms. The minimum Gasteiger partial charge on any atom is -0.601 e. The highest BCUT2D eigenvalue weighted by molar-refractivity contribution is 5.95. The second-order valence-corrected chi connectivity index (χ2v) is 5.67. The number of nitrogens with zero attached hydrogens (tertiary/aromatic N) is 3. The summed E-state index contributed by atoms with van der Waals surface area (Å²) in [4.78, 5) is 0. The van der Waals surface area contributed by atoms with Gasteiger partial charge in [0.1, 0.15) is 5.69 Å². The Morgan fingerprint density at radius 3 is 3.09 bits per heavy atom. The Balaban J connectivity index is 1.70. The van der Waals surface area contributed by atoms with Crippen LogP contribution < -0.4 is 16.2 Å². The Morgan fingerprint density at radius 2 is 2.26 bits per heavy atom. The molecule has 2 aliphatic heterocycles. The van der Waals surface area contributed by atoms with Crippen molar-refractivity contribution in [1.29, 1.82) is 0 Å². The van der Waals surface area contributed by atoms with E-state index in [0.29, 0.717) is 11.4 Å². The molecule has 0 radical (unpaired) electrons. The number of ether oxygens (including phenoxy) is 1. The zero-order valence-corrected chi connectivity index (χ0v) is 12.5. The maximum absolute atomic E-state index is 12.0. The maximum Gasteiger partial charge on any atom is 0.252 e. The van der Waals surface area contributed by atoms with E-state index in [2.05, 4.69) is 15.5 Å². The van der Waals surface area contributed by atoms with Gasteiger partial charge in [-0.1, -0.05) is 6.07 Å². The second kappa shape index (κ2) is 5.65. The van der Waals surface area contributed by atoms with Crippen LogP contribution in [0.15, 0.2) is 35.6 Å². The highest BCUT2D eigenvalue weighted by Gasteiger charge is 2.22. The summed E-state index contributed by atoms with van der Waals surface area (Å²) in [6.45, 7) is 0.755. The number of guanidine groups is 1. The van der Waals surface area contributed by atoms with Gasteiger partial charge in [0.05, 0.1) is 5.69 Å². The molecule has 2 unspecified atom stereocenters. The third kappa shape index (κ3) is 2.56. The molecular weight excluding hydrogens is 296 g/mol. The van der Waals surface area contributed by atoms with Gasteiger partial charge in [-0.25, -0.2) is 9.85 Å². The molecule has 2 aliphatic rings. The van der Waals surface area contributed by atoms with Crippen LogP contribution >= 0.6 is 0 Å². The number of fused-ring (bicyclic) bond motifs is 1. The summed E-state index contributed by atoms with van der Waals surface area (Å²) in [6, 6.07) is 7.52. The first-order chi connectivity index (χ1) is 11.2. The summed E-state index contributed by atoms with van der Waals surface area (Å²) in [5.41, 5.74) is 8.59. The first-order valence-corrected chi connectivity index (χ1v) is 7.67. The molecule has 1 saturated heterocycles. The third-order valence-electron chi connectivity index (χ3n) is 4.13. The molecule has 4 rings (SSSR count). The van der Waals surface area contributed by atoms with E-state index in [4.69, 9.17) is 10.5 Å². The van der Waals surface area contributed by atoms with Gasteiger partial charge in [0.25, 0.3) is 5.96 Å². The van der Waals surface area contributed by atoms with Crippen LogP contribution in [0.4, 0.5) is 11.4 Å². The van der Waals surface area contributed by atoms with Crippen molar-refractivity contribution in [2.75, 3.05) is 11.9 Å². The van der Waals surface area contributed by atoms with Crippen LogP contribution in [-0.4, -0.2) is 22.3 Å². The molecule has 1 aromatic carbocycles. The van der Waals surface area contributed by atoms with E-state index in [1.807, 2.05) is 28.9 Å². The number of rotatable bonds is 2. The molecule has 0 bridgehead atoms. The predicted octanol–water partition coefficient (Wildman–Crippen LogP) is 0.919. The minimum absolute atomic E-state index is 0.0488. The molecule has 120 valence electrons. The van der Waals surface area contributed by atoms with Gasteiger partial charge >= 0.3 is 0 Å². The highest BCUT2D eigenvalue weighted by atomic mass is 16.5. The quantitative estimate of drug-likeness (QED) is 0.715. The zero-order valence-electron chi connectivity index (χ0n) is 12.5. The van der Waals surface area contributed by atoms with Gasteiger partial charge in [-0.05, 0) is 36.5 Å². The molecule has 8 heteroatoms. The lowest BCUT2D eigenvalue weighted by molar-refractivity contribution is -0.783. The Hall–Kier alpha value is -2.42.